The summed E-state index contributed by atoms with van der Waals surface area (Å²) < 4.78 is 0. The maximum absolute atomic E-state index is 4.38. The smallest absolute Gasteiger partial charge is 0.120 e. The second kappa shape index (κ2) is 4.42. The molecule has 0 radical (unpaired) electrons. The van der Waals surface area contributed by atoms with Crippen molar-refractivity contribution in [2.75, 3.05) is 13.1 Å². The molecule has 3 heteroatoms. The van der Waals surface area contributed by atoms with Crippen molar-refractivity contribution in [2.45, 2.75) is 13.3 Å². The highest BCUT2D eigenvalue weighted by atomic mass is 32.1. The summed E-state index contributed by atoms with van der Waals surface area (Å²) in [4.78, 5) is 5.70. The number of hydrogen-bond acceptors (Lipinski definition) is 3. The Morgan fingerprint density at radius 2 is 2.43 bits per heavy atom. The van der Waals surface area contributed by atoms with E-state index < -0.39 is 0 Å². The Morgan fingerprint density at radius 3 is 3.07 bits per heavy atom. The van der Waals surface area contributed by atoms with Crippen LogP contribution >= 0.6 is 11.3 Å². The van der Waals surface area contributed by atoms with E-state index in [1.807, 2.05) is 0 Å². The van der Waals surface area contributed by atoms with Gasteiger partial charge in [-0.1, -0.05) is 0 Å². The van der Waals surface area contributed by atoms with Crippen molar-refractivity contribution < 1.29 is 0 Å². The van der Waals surface area contributed by atoms with Crippen molar-refractivity contribution in [3.8, 4) is 0 Å². The van der Waals surface area contributed by atoms with Crippen LogP contribution in [0, 0.1) is 6.92 Å². The van der Waals surface area contributed by atoms with E-state index in [2.05, 4.69) is 40.8 Å². The van der Waals surface area contributed by atoms with Gasteiger partial charge in [-0.25, -0.2) is 0 Å². The molecule has 1 aromatic heterocycles. The minimum atomic E-state index is 0.954. The zero-order valence-corrected chi connectivity index (χ0v) is 9.10. The second-order valence-electron chi connectivity index (χ2n) is 3.35. The third-order valence-electron chi connectivity index (χ3n) is 2.22. The van der Waals surface area contributed by atoms with Gasteiger partial charge in [-0.05, 0) is 42.5 Å². The van der Waals surface area contributed by atoms with Gasteiger partial charge in [0.1, 0.15) is 5.84 Å². The predicted molar refractivity (Wildman–Crippen MR) is 63.0 cm³/mol. The fourth-order valence-electron chi connectivity index (χ4n) is 1.37. The largest absolute Gasteiger partial charge is 0.370 e. The van der Waals surface area contributed by atoms with Crippen LogP contribution in [-0.2, 0) is 0 Å². The average molecular weight is 206 g/mol. The minimum Gasteiger partial charge on any atom is -0.370 e. The van der Waals surface area contributed by atoms with Crippen LogP contribution in [0.25, 0.3) is 6.08 Å². The van der Waals surface area contributed by atoms with E-state index in [9.17, 15) is 0 Å². The van der Waals surface area contributed by atoms with Gasteiger partial charge in [0, 0.05) is 18.0 Å². The second-order valence-corrected chi connectivity index (χ2v) is 4.30. The predicted octanol–water partition coefficient (Wildman–Crippen LogP) is 2.46. The Balaban J connectivity index is 2.06. The zero-order chi connectivity index (χ0) is 9.80. The Kier molecular flexibility index (Phi) is 2.99. The van der Waals surface area contributed by atoms with Crippen LogP contribution in [0.4, 0.5) is 0 Å². The highest BCUT2D eigenvalue weighted by Gasteiger charge is 2.00. The summed E-state index contributed by atoms with van der Waals surface area (Å²) in [7, 11) is 0. The molecule has 0 saturated heterocycles. The normalized spacial score (nSPS) is 16.8. The molecular formula is C11H14N2S. The Labute approximate surface area is 88.4 Å². The SMILES string of the molecule is Cc1ccsc1/C=C/C1=NCCCN1. The number of hydrogen-bond donors (Lipinski definition) is 1. The summed E-state index contributed by atoms with van der Waals surface area (Å²) in [6.45, 7) is 4.13. The van der Waals surface area contributed by atoms with Crippen LogP contribution in [0.15, 0.2) is 22.5 Å². The summed E-state index contributed by atoms with van der Waals surface area (Å²) in [6.07, 6.45) is 5.35. The van der Waals surface area contributed by atoms with E-state index in [1.54, 1.807) is 11.3 Å². The van der Waals surface area contributed by atoms with Gasteiger partial charge in [0.05, 0.1) is 0 Å². The van der Waals surface area contributed by atoms with Crippen molar-refractivity contribution in [3.05, 3.63) is 28.0 Å². The molecule has 74 valence electrons. The van der Waals surface area contributed by atoms with Crippen molar-refractivity contribution in [1.82, 2.24) is 5.32 Å². The van der Waals surface area contributed by atoms with E-state index in [0.717, 1.165) is 25.3 Å². The fraction of sp³-hybridized carbons (Fsp3) is 0.364. The van der Waals surface area contributed by atoms with Crippen molar-refractivity contribution >= 4 is 23.2 Å². The van der Waals surface area contributed by atoms with Crippen molar-refractivity contribution in [2.24, 2.45) is 4.99 Å². The number of aryl methyl sites for hydroxylation is 1. The third kappa shape index (κ3) is 2.23. The maximum Gasteiger partial charge on any atom is 0.120 e. The molecular weight excluding hydrogens is 192 g/mol. The lowest BCUT2D eigenvalue weighted by Gasteiger charge is -2.10. The Hall–Kier alpha value is -1.09. The summed E-state index contributed by atoms with van der Waals surface area (Å²) in [5.74, 6) is 1.02. The van der Waals surface area contributed by atoms with Gasteiger partial charge in [-0.15, -0.1) is 11.3 Å². The third-order valence-corrected chi connectivity index (χ3v) is 3.20. The molecule has 0 fully saturated rings. The summed E-state index contributed by atoms with van der Waals surface area (Å²) >= 11 is 1.77. The molecule has 0 aliphatic carbocycles. The van der Waals surface area contributed by atoms with Crippen LogP contribution in [0.3, 0.4) is 0 Å². The fourth-order valence-corrected chi connectivity index (χ4v) is 2.19. The maximum atomic E-state index is 4.38. The molecule has 0 amide bonds. The quantitative estimate of drug-likeness (QED) is 0.789. The molecule has 1 N–H and O–H groups in total. The van der Waals surface area contributed by atoms with E-state index in [-0.39, 0.29) is 0 Å². The van der Waals surface area contributed by atoms with Crippen LogP contribution in [0.1, 0.15) is 16.9 Å². The van der Waals surface area contributed by atoms with Gasteiger partial charge in [0.25, 0.3) is 0 Å². The van der Waals surface area contributed by atoms with Crippen LogP contribution in [0.5, 0.6) is 0 Å². The number of thiophene rings is 1. The van der Waals surface area contributed by atoms with Gasteiger partial charge in [-0.2, -0.15) is 0 Å². The first-order chi connectivity index (χ1) is 6.86. The molecule has 1 aliphatic rings. The highest BCUT2D eigenvalue weighted by Crippen LogP contribution is 2.16. The van der Waals surface area contributed by atoms with Crippen LogP contribution in [-0.4, -0.2) is 18.9 Å². The highest BCUT2D eigenvalue weighted by molar-refractivity contribution is 7.11. The summed E-state index contributed by atoms with van der Waals surface area (Å²) in [6, 6.07) is 2.14. The monoisotopic (exact) mass is 206 g/mol. The molecule has 1 aromatic rings. The molecule has 0 atom stereocenters. The van der Waals surface area contributed by atoms with E-state index >= 15 is 0 Å². The Morgan fingerprint density at radius 1 is 1.50 bits per heavy atom. The van der Waals surface area contributed by atoms with Gasteiger partial charge >= 0.3 is 0 Å². The van der Waals surface area contributed by atoms with Gasteiger partial charge < -0.3 is 5.32 Å². The van der Waals surface area contributed by atoms with Crippen molar-refractivity contribution in [3.63, 3.8) is 0 Å². The lowest BCUT2D eigenvalue weighted by atomic mass is 10.2. The lowest BCUT2D eigenvalue weighted by Crippen LogP contribution is -2.27. The molecule has 1 aliphatic heterocycles. The van der Waals surface area contributed by atoms with Crippen LogP contribution < -0.4 is 5.32 Å². The Bertz CT molecular complexity index is 363. The molecule has 0 bridgehead atoms. The number of aliphatic imine (C=N–C) groups is 1. The van der Waals surface area contributed by atoms with E-state index in [1.165, 1.54) is 10.4 Å². The molecule has 0 unspecified atom stereocenters. The molecule has 14 heavy (non-hydrogen) atoms. The van der Waals surface area contributed by atoms with E-state index in [4.69, 9.17) is 0 Å². The first-order valence-electron chi connectivity index (χ1n) is 4.87. The molecule has 2 heterocycles. The summed E-state index contributed by atoms with van der Waals surface area (Å²) in [5.41, 5.74) is 1.34. The lowest BCUT2D eigenvalue weighted by molar-refractivity contribution is 0.745. The molecule has 0 spiro atoms. The molecule has 0 saturated carbocycles. The van der Waals surface area contributed by atoms with Crippen molar-refractivity contribution in [1.29, 1.82) is 0 Å². The minimum absolute atomic E-state index is 0.954. The first-order valence-corrected chi connectivity index (χ1v) is 5.75. The summed E-state index contributed by atoms with van der Waals surface area (Å²) in [5, 5.41) is 5.38. The number of nitrogens with one attached hydrogen (secondary N) is 1. The molecule has 2 rings (SSSR count). The number of nitrogens with zero attached hydrogens (tertiary/aromatic N) is 1. The average Bonchev–Trinajstić information content (AvgIpc) is 2.63. The number of rotatable bonds is 2. The van der Waals surface area contributed by atoms with E-state index in [0.29, 0.717) is 0 Å². The standard InChI is InChI=1S/C11H14N2S/c1-9-5-8-14-10(9)3-4-11-12-6-2-7-13-11/h3-5,8H,2,6-7H2,1H3,(H,12,13)/b4-3+. The molecule has 2 nitrogen and oxygen atoms in total. The van der Waals surface area contributed by atoms with Gasteiger partial charge in [-0.3, -0.25) is 4.99 Å². The first kappa shape index (κ1) is 9.46. The zero-order valence-electron chi connectivity index (χ0n) is 8.29. The van der Waals surface area contributed by atoms with Gasteiger partial charge in [0.2, 0.25) is 0 Å². The number of amidine groups is 1. The van der Waals surface area contributed by atoms with Gasteiger partial charge in [0.15, 0.2) is 0 Å². The van der Waals surface area contributed by atoms with Crippen LogP contribution in [0.2, 0.25) is 0 Å². The topological polar surface area (TPSA) is 24.4 Å². The molecule has 0 aromatic carbocycles.